The third-order valence-corrected chi connectivity index (χ3v) is 5.22. The van der Waals surface area contributed by atoms with Gasteiger partial charge in [0.1, 0.15) is 0 Å². The number of nitrogens with zero attached hydrogens (tertiary/aromatic N) is 1. The largest absolute Gasteiger partial charge is 0.454 e. The van der Waals surface area contributed by atoms with Crippen LogP contribution in [0.1, 0.15) is 67.2 Å². The minimum Gasteiger partial charge on any atom is -0.454 e. The summed E-state index contributed by atoms with van der Waals surface area (Å²) in [4.78, 5) is 2.40. The fraction of sp³-hybridized carbons (Fsp3) is 0.481. The van der Waals surface area contributed by atoms with E-state index in [0.29, 0.717) is 6.79 Å². The van der Waals surface area contributed by atoms with Crippen LogP contribution in [-0.2, 0) is 0 Å². The molecule has 0 unspecified atom stereocenters. The number of hydrogen-bond donors (Lipinski definition) is 0. The van der Waals surface area contributed by atoms with Crippen LogP contribution < -0.4 is 14.4 Å². The van der Waals surface area contributed by atoms with Gasteiger partial charge in [-0.2, -0.15) is 0 Å². The molecule has 1 heterocycles. The van der Waals surface area contributed by atoms with Crippen molar-refractivity contribution in [3.8, 4) is 11.5 Å². The first-order valence-corrected chi connectivity index (χ1v) is 11.1. The molecule has 1 aromatic carbocycles. The molecule has 2 rings (SSSR count). The van der Waals surface area contributed by atoms with Gasteiger partial charge in [0.15, 0.2) is 11.5 Å². The van der Waals surface area contributed by atoms with Gasteiger partial charge in [0.05, 0.1) is 0 Å². The van der Waals surface area contributed by atoms with Crippen LogP contribution in [0.2, 0.25) is 0 Å². The summed E-state index contributed by atoms with van der Waals surface area (Å²) >= 11 is 0. The van der Waals surface area contributed by atoms with E-state index in [0.717, 1.165) is 50.3 Å². The van der Waals surface area contributed by atoms with Gasteiger partial charge in [0, 0.05) is 24.8 Å². The van der Waals surface area contributed by atoms with E-state index in [9.17, 15) is 0 Å². The van der Waals surface area contributed by atoms with Crippen molar-refractivity contribution in [3.05, 3.63) is 64.8 Å². The van der Waals surface area contributed by atoms with E-state index in [1.165, 1.54) is 28.0 Å². The third-order valence-electron chi connectivity index (χ3n) is 5.22. The Hall–Kier alpha value is -2.42. The predicted octanol–water partition coefficient (Wildman–Crippen LogP) is 7.61. The van der Waals surface area contributed by atoms with Crippen molar-refractivity contribution < 1.29 is 9.47 Å². The van der Waals surface area contributed by atoms with E-state index in [1.54, 1.807) is 0 Å². The van der Waals surface area contributed by atoms with E-state index in [1.807, 2.05) is 6.07 Å². The molecule has 0 amide bonds. The Morgan fingerprint density at radius 3 is 1.83 bits per heavy atom. The van der Waals surface area contributed by atoms with Crippen molar-refractivity contribution in [1.29, 1.82) is 0 Å². The molecule has 0 aliphatic carbocycles. The first-order chi connectivity index (χ1) is 14.3. The first kappa shape index (κ1) is 23.9. The second-order valence-corrected chi connectivity index (χ2v) is 8.68. The molecule has 0 fully saturated rings. The molecule has 0 spiro atoms. The van der Waals surface area contributed by atoms with Gasteiger partial charge in [-0.25, -0.2) is 0 Å². The van der Waals surface area contributed by atoms with Gasteiger partial charge < -0.3 is 14.4 Å². The van der Waals surface area contributed by atoms with Crippen LogP contribution in [-0.4, -0.2) is 19.9 Å². The summed E-state index contributed by atoms with van der Waals surface area (Å²) in [6.07, 6.45) is 13.8. The molecular formula is C27H39NO2. The average Bonchev–Trinajstić information content (AvgIpc) is 3.15. The standard InChI is InChI=1S/C27H39NO2/c1-21(2)9-7-11-23(5)15-17-28(18-16-24(6)12-8-10-22(3)4)25-13-14-26-27(19-25)30-20-29-26/h9-10,13-16,19H,7-8,11-12,17-18,20H2,1-6H3. The molecule has 0 bridgehead atoms. The number of fused-ring (bicyclic) bond motifs is 1. The lowest BCUT2D eigenvalue weighted by Crippen LogP contribution is -2.23. The minimum atomic E-state index is 0.311. The van der Waals surface area contributed by atoms with Crippen LogP contribution in [0.15, 0.2) is 64.8 Å². The average molecular weight is 410 g/mol. The molecule has 164 valence electrons. The Balaban J connectivity index is 2.08. The number of rotatable bonds is 11. The Bertz CT molecular complexity index is 766. The van der Waals surface area contributed by atoms with Gasteiger partial charge in [0.2, 0.25) is 6.79 Å². The van der Waals surface area contributed by atoms with Gasteiger partial charge in [-0.15, -0.1) is 0 Å². The molecule has 1 aliphatic rings. The summed E-state index contributed by atoms with van der Waals surface area (Å²) in [7, 11) is 0. The highest BCUT2D eigenvalue weighted by molar-refractivity contribution is 5.58. The number of ether oxygens (including phenoxy) is 2. The maximum atomic E-state index is 5.60. The van der Waals surface area contributed by atoms with Crippen LogP contribution in [0.5, 0.6) is 11.5 Å². The van der Waals surface area contributed by atoms with Crippen LogP contribution in [0.4, 0.5) is 5.69 Å². The fourth-order valence-electron chi connectivity index (χ4n) is 3.28. The summed E-state index contributed by atoms with van der Waals surface area (Å²) in [6.45, 7) is 15.2. The predicted molar refractivity (Wildman–Crippen MR) is 130 cm³/mol. The van der Waals surface area contributed by atoms with Crippen molar-refractivity contribution >= 4 is 5.69 Å². The Kier molecular flexibility index (Phi) is 9.79. The number of benzene rings is 1. The zero-order valence-electron chi connectivity index (χ0n) is 19.8. The van der Waals surface area contributed by atoms with Gasteiger partial charge >= 0.3 is 0 Å². The molecule has 0 radical (unpaired) electrons. The van der Waals surface area contributed by atoms with Crippen molar-refractivity contribution in [2.75, 3.05) is 24.8 Å². The minimum absolute atomic E-state index is 0.311. The van der Waals surface area contributed by atoms with Crippen LogP contribution in [0.25, 0.3) is 0 Å². The highest BCUT2D eigenvalue weighted by atomic mass is 16.7. The molecule has 3 heteroatoms. The number of hydrogen-bond acceptors (Lipinski definition) is 3. The summed E-state index contributed by atoms with van der Waals surface area (Å²) < 4.78 is 11.1. The van der Waals surface area contributed by atoms with E-state index in [4.69, 9.17) is 9.47 Å². The highest BCUT2D eigenvalue weighted by Gasteiger charge is 2.15. The summed E-state index contributed by atoms with van der Waals surface area (Å²) in [5, 5.41) is 0. The Morgan fingerprint density at radius 2 is 1.30 bits per heavy atom. The zero-order valence-corrected chi connectivity index (χ0v) is 19.8. The SMILES string of the molecule is CC(C)=CCCC(C)=CCN(CC=C(C)CCC=C(C)C)c1ccc2c(c1)OCO2. The first-order valence-electron chi connectivity index (χ1n) is 11.1. The summed E-state index contributed by atoms with van der Waals surface area (Å²) in [6, 6.07) is 6.24. The van der Waals surface area contributed by atoms with Gasteiger partial charge in [-0.3, -0.25) is 0 Å². The van der Waals surface area contributed by atoms with Crippen molar-refractivity contribution in [2.24, 2.45) is 0 Å². The molecule has 0 saturated heterocycles. The molecule has 0 aromatic heterocycles. The van der Waals surface area contributed by atoms with Crippen molar-refractivity contribution in [2.45, 2.75) is 67.2 Å². The van der Waals surface area contributed by atoms with E-state index < -0.39 is 0 Å². The lowest BCUT2D eigenvalue weighted by atomic mass is 10.1. The molecule has 0 saturated carbocycles. The number of anilines is 1. The lowest BCUT2D eigenvalue weighted by Gasteiger charge is -2.23. The van der Waals surface area contributed by atoms with Gasteiger partial charge in [0.25, 0.3) is 0 Å². The fourth-order valence-corrected chi connectivity index (χ4v) is 3.28. The second kappa shape index (κ2) is 12.3. The maximum Gasteiger partial charge on any atom is 0.231 e. The third kappa shape index (κ3) is 8.52. The molecule has 1 aliphatic heterocycles. The summed E-state index contributed by atoms with van der Waals surface area (Å²) in [5.41, 5.74) is 6.81. The lowest BCUT2D eigenvalue weighted by molar-refractivity contribution is 0.174. The van der Waals surface area contributed by atoms with Gasteiger partial charge in [-0.05, 0) is 79.4 Å². The molecule has 0 N–H and O–H groups in total. The monoisotopic (exact) mass is 409 g/mol. The van der Waals surface area contributed by atoms with E-state index >= 15 is 0 Å². The zero-order chi connectivity index (χ0) is 21.9. The van der Waals surface area contributed by atoms with Crippen LogP contribution in [0.3, 0.4) is 0 Å². The Labute approximate surface area is 183 Å². The van der Waals surface area contributed by atoms with E-state index in [2.05, 4.69) is 82.9 Å². The normalized spacial score (nSPS) is 13.3. The highest BCUT2D eigenvalue weighted by Crippen LogP contribution is 2.35. The van der Waals surface area contributed by atoms with Crippen molar-refractivity contribution in [1.82, 2.24) is 0 Å². The van der Waals surface area contributed by atoms with Gasteiger partial charge in [-0.1, -0.05) is 46.6 Å². The quantitative estimate of drug-likeness (QED) is 0.351. The topological polar surface area (TPSA) is 21.7 Å². The Morgan fingerprint density at radius 1 is 0.767 bits per heavy atom. The molecule has 0 atom stereocenters. The molecular weight excluding hydrogens is 370 g/mol. The summed E-state index contributed by atoms with van der Waals surface area (Å²) in [5.74, 6) is 1.67. The number of allylic oxidation sites excluding steroid dienone is 6. The van der Waals surface area contributed by atoms with Crippen LogP contribution in [0, 0.1) is 0 Å². The maximum absolute atomic E-state index is 5.60. The molecule has 1 aromatic rings. The van der Waals surface area contributed by atoms with Crippen molar-refractivity contribution in [3.63, 3.8) is 0 Å². The molecule has 30 heavy (non-hydrogen) atoms. The second-order valence-electron chi connectivity index (χ2n) is 8.68. The molecule has 3 nitrogen and oxygen atoms in total. The van der Waals surface area contributed by atoms with E-state index in [-0.39, 0.29) is 0 Å². The smallest absolute Gasteiger partial charge is 0.231 e. The van der Waals surface area contributed by atoms with Crippen LogP contribution >= 0.6 is 0 Å².